The van der Waals surface area contributed by atoms with Crippen LogP contribution in [0.1, 0.15) is 16.8 Å². The van der Waals surface area contributed by atoms with Gasteiger partial charge in [-0.25, -0.2) is 9.37 Å². The summed E-state index contributed by atoms with van der Waals surface area (Å²) < 4.78 is 13.6. The quantitative estimate of drug-likeness (QED) is 0.890. The van der Waals surface area contributed by atoms with E-state index in [2.05, 4.69) is 4.98 Å². The molecule has 1 aromatic heterocycles. The van der Waals surface area contributed by atoms with Crippen molar-refractivity contribution < 1.29 is 9.50 Å². The molecule has 0 aliphatic heterocycles. The second kappa shape index (κ2) is 4.72. The van der Waals surface area contributed by atoms with E-state index in [9.17, 15) is 4.39 Å². The number of aliphatic hydroxyl groups excluding tert-OH is 1. The number of thiazole rings is 1. The fourth-order valence-corrected chi connectivity index (χ4v) is 2.45. The molecular weight excluding hydrogens is 225 g/mol. The Labute approximate surface area is 97.4 Å². The predicted octanol–water partition coefficient (Wildman–Crippen LogP) is 3.00. The van der Waals surface area contributed by atoms with Gasteiger partial charge in [0.15, 0.2) is 0 Å². The Balaban J connectivity index is 2.54. The molecule has 0 bridgehead atoms. The fraction of sp³-hybridized carbons (Fsp3) is 0.250. The van der Waals surface area contributed by atoms with Crippen LogP contribution in [0.5, 0.6) is 0 Å². The highest BCUT2D eigenvalue weighted by atomic mass is 32.1. The molecule has 1 heterocycles. The van der Waals surface area contributed by atoms with E-state index in [0.717, 1.165) is 11.3 Å². The van der Waals surface area contributed by atoms with Crippen molar-refractivity contribution in [3.05, 3.63) is 40.0 Å². The normalized spacial score (nSPS) is 10.7. The number of nitrogens with zero attached hydrogens (tertiary/aromatic N) is 1. The molecule has 0 saturated heterocycles. The molecule has 0 saturated carbocycles. The fourth-order valence-electron chi connectivity index (χ4n) is 1.57. The summed E-state index contributed by atoms with van der Waals surface area (Å²) in [6.07, 6.45) is 0.793. The topological polar surface area (TPSA) is 33.1 Å². The molecule has 0 atom stereocenters. The lowest BCUT2D eigenvalue weighted by molar-refractivity contribution is 0.281. The van der Waals surface area contributed by atoms with Crippen molar-refractivity contribution >= 4 is 11.3 Å². The number of hydrogen-bond donors (Lipinski definition) is 1. The number of aryl methyl sites for hydroxylation is 1. The van der Waals surface area contributed by atoms with Crippen molar-refractivity contribution in [3.8, 4) is 11.3 Å². The predicted molar refractivity (Wildman–Crippen MR) is 62.8 cm³/mol. The first-order chi connectivity index (χ1) is 7.76. The van der Waals surface area contributed by atoms with E-state index < -0.39 is 0 Å². The lowest BCUT2D eigenvalue weighted by Gasteiger charge is -2.01. The van der Waals surface area contributed by atoms with Gasteiger partial charge in [0.2, 0.25) is 0 Å². The van der Waals surface area contributed by atoms with E-state index in [1.165, 1.54) is 17.4 Å². The third-order valence-corrected chi connectivity index (χ3v) is 3.51. The molecule has 0 fully saturated rings. The van der Waals surface area contributed by atoms with Crippen LogP contribution in [0.3, 0.4) is 0 Å². The number of aliphatic hydroxyl groups is 1. The highest BCUT2D eigenvalue weighted by Crippen LogP contribution is 2.30. The highest BCUT2D eigenvalue weighted by molar-refractivity contribution is 7.12. The van der Waals surface area contributed by atoms with E-state index in [4.69, 9.17) is 5.11 Å². The van der Waals surface area contributed by atoms with E-state index in [-0.39, 0.29) is 12.4 Å². The summed E-state index contributed by atoms with van der Waals surface area (Å²) in [6.45, 7) is 1.91. The Hall–Kier alpha value is -1.26. The van der Waals surface area contributed by atoms with Crippen molar-refractivity contribution in [2.45, 2.75) is 20.0 Å². The van der Waals surface area contributed by atoms with Crippen LogP contribution >= 0.6 is 11.3 Å². The molecule has 16 heavy (non-hydrogen) atoms. The van der Waals surface area contributed by atoms with Crippen LogP contribution in [0.15, 0.2) is 24.3 Å². The molecule has 0 unspecified atom stereocenters. The highest BCUT2D eigenvalue weighted by Gasteiger charge is 2.14. The van der Waals surface area contributed by atoms with Crippen LogP contribution in [0.25, 0.3) is 11.3 Å². The maximum Gasteiger partial charge on any atom is 0.132 e. The van der Waals surface area contributed by atoms with Gasteiger partial charge in [-0.15, -0.1) is 11.3 Å². The molecule has 0 aliphatic carbocycles. The zero-order valence-electron chi connectivity index (χ0n) is 8.90. The zero-order chi connectivity index (χ0) is 11.5. The van der Waals surface area contributed by atoms with E-state index in [1.807, 2.05) is 6.92 Å². The molecule has 1 N–H and O–H groups in total. The minimum absolute atomic E-state index is 0.0912. The van der Waals surface area contributed by atoms with Crippen LogP contribution in [0, 0.1) is 5.82 Å². The molecule has 0 spiro atoms. The average molecular weight is 237 g/mol. The van der Waals surface area contributed by atoms with Crippen LogP contribution in [-0.4, -0.2) is 10.1 Å². The minimum atomic E-state index is -0.271. The lowest BCUT2D eigenvalue weighted by Crippen LogP contribution is -1.88. The first-order valence-corrected chi connectivity index (χ1v) is 5.92. The third-order valence-electron chi connectivity index (χ3n) is 2.33. The largest absolute Gasteiger partial charge is 0.389 e. The van der Waals surface area contributed by atoms with Crippen molar-refractivity contribution in [1.29, 1.82) is 0 Å². The SMILES string of the molecule is CCc1sc(CO)nc1-c1ccccc1F. The Morgan fingerprint density at radius 1 is 1.38 bits per heavy atom. The Bertz CT molecular complexity index is 496. The molecule has 1 aromatic carbocycles. The van der Waals surface area contributed by atoms with Crippen molar-refractivity contribution in [2.24, 2.45) is 0 Å². The molecule has 2 rings (SSSR count). The lowest BCUT2D eigenvalue weighted by atomic mass is 10.1. The van der Waals surface area contributed by atoms with Crippen molar-refractivity contribution in [2.75, 3.05) is 0 Å². The van der Waals surface area contributed by atoms with E-state index in [0.29, 0.717) is 16.3 Å². The van der Waals surface area contributed by atoms with E-state index in [1.54, 1.807) is 18.2 Å². The van der Waals surface area contributed by atoms with Crippen molar-refractivity contribution in [3.63, 3.8) is 0 Å². The molecule has 0 amide bonds. The van der Waals surface area contributed by atoms with Crippen molar-refractivity contribution in [1.82, 2.24) is 4.98 Å². The van der Waals surface area contributed by atoms with Gasteiger partial charge >= 0.3 is 0 Å². The Morgan fingerprint density at radius 3 is 2.75 bits per heavy atom. The Morgan fingerprint density at radius 2 is 2.12 bits per heavy atom. The van der Waals surface area contributed by atoms with Gasteiger partial charge in [0, 0.05) is 10.4 Å². The van der Waals surface area contributed by atoms with Crippen LogP contribution < -0.4 is 0 Å². The molecule has 0 aliphatic rings. The first kappa shape index (κ1) is 11.2. The zero-order valence-corrected chi connectivity index (χ0v) is 9.72. The van der Waals surface area contributed by atoms with Gasteiger partial charge in [0.25, 0.3) is 0 Å². The maximum atomic E-state index is 13.6. The maximum absolute atomic E-state index is 13.6. The summed E-state index contributed by atoms with van der Waals surface area (Å²) in [7, 11) is 0. The molecule has 4 heteroatoms. The summed E-state index contributed by atoms with van der Waals surface area (Å²) in [4.78, 5) is 5.27. The molecule has 2 aromatic rings. The van der Waals surface area contributed by atoms with E-state index >= 15 is 0 Å². The van der Waals surface area contributed by atoms with Gasteiger partial charge < -0.3 is 5.11 Å². The number of halogens is 1. The number of benzene rings is 1. The first-order valence-electron chi connectivity index (χ1n) is 5.10. The van der Waals surface area contributed by atoms with Gasteiger partial charge in [-0.05, 0) is 18.6 Å². The monoisotopic (exact) mass is 237 g/mol. The number of rotatable bonds is 3. The minimum Gasteiger partial charge on any atom is -0.389 e. The smallest absolute Gasteiger partial charge is 0.132 e. The van der Waals surface area contributed by atoms with Gasteiger partial charge in [0.05, 0.1) is 12.3 Å². The second-order valence-corrected chi connectivity index (χ2v) is 4.54. The van der Waals surface area contributed by atoms with Crippen LogP contribution in [-0.2, 0) is 13.0 Å². The van der Waals surface area contributed by atoms with Gasteiger partial charge in [0.1, 0.15) is 10.8 Å². The second-order valence-electron chi connectivity index (χ2n) is 3.37. The van der Waals surface area contributed by atoms with Crippen LogP contribution in [0.2, 0.25) is 0 Å². The standard InChI is InChI=1S/C12H12FNOS/c1-2-10-12(14-11(7-15)16-10)8-5-3-4-6-9(8)13/h3-6,15H,2,7H2,1H3. The third kappa shape index (κ3) is 1.99. The molecule has 84 valence electrons. The number of hydrogen-bond acceptors (Lipinski definition) is 3. The van der Waals surface area contributed by atoms with Gasteiger partial charge in [-0.2, -0.15) is 0 Å². The summed E-state index contributed by atoms with van der Waals surface area (Å²) in [6, 6.07) is 6.58. The summed E-state index contributed by atoms with van der Waals surface area (Å²) in [5, 5.41) is 9.68. The molecule has 2 nitrogen and oxygen atoms in total. The summed E-state index contributed by atoms with van der Waals surface area (Å²) >= 11 is 1.44. The number of aromatic nitrogens is 1. The summed E-state index contributed by atoms with van der Waals surface area (Å²) in [5.41, 5.74) is 1.17. The molecule has 0 radical (unpaired) electrons. The van der Waals surface area contributed by atoms with Gasteiger partial charge in [-0.1, -0.05) is 19.1 Å². The molecular formula is C12H12FNOS. The Kier molecular flexibility index (Phi) is 3.31. The van der Waals surface area contributed by atoms with Crippen LogP contribution in [0.4, 0.5) is 4.39 Å². The van der Waals surface area contributed by atoms with Gasteiger partial charge in [-0.3, -0.25) is 0 Å². The average Bonchev–Trinajstić information content (AvgIpc) is 2.72. The summed E-state index contributed by atoms with van der Waals surface area (Å²) in [5.74, 6) is -0.271.